The van der Waals surface area contributed by atoms with Crippen molar-refractivity contribution >= 4 is 12.0 Å². The summed E-state index contributed by atoms with van der Waals surface area (Å²) >= 11 is 0. The Kier molecular flexibility index (Phi) is 3.91. The SMILES string of the molecule is O=C(O)N1CC[C@H](CNc2ncccn2)[C@H](F)C1. The Morgan fingerprint density at radius 1 is 1.56 bits per heavy atom. The van der Waals surface area contributed by atoms with Gasteiger partial charge >= 0.3 is 6.09 Å². The molecule has 1 saturated heterocycles. The number of hydrogen-bond acceptors (Lipinski definition) is 4. The van der Waals surface area contributed by atoms with Crippen LogP contribution < -0.4 is 5.32 Å². The summed E-state index contributed by atoms with van der Waals surface area (Å²) in [6.07, 6.45) is 1.51. The highest BCUT2D eigenvalue weighted by Crippen LogP contribution is 2.20. The van der Waals surface area contributed by atoms with Gasteiger partial charge in [-0.3, -0.25) is 0 Å². The zero-order valence-corrected chi connectivity index (χ0v) is 9.79. The summed E-state index contributed by atoms with van der Waals surface area (Å²) in [5.74, 6) is 0.259. The van der Waals surface area contributed by atoms with Gasteiger partial charge in [0.2, 0.25) is 5.95 Å². The van der Waals surface area contributed by atoms with Crippen molar-refractivity contribution in [3.8, 4) is 0 Å². The van der Waals surface area contributed by atoms with E-state index in [1.165, 1.54) is 0 Å². The van der Waals surface area contributed by atoms with E-state index in [0.717, 1.165) is 4.90 Å². The molecule has 18 heavy (non-hydrogen) atoms. The monoisotopic (exact) mass is 254 g/mol. The number of hydrogen-bond donors (Lipinski definition) is 2. The maximum atomic E-state index is 13.8. The largest absolute Gasteiger partial charge is 0.465 e. The topological polar surface area (TPSA) is 78.4 Å². The molecule has 1 amide bonds. The average molecular weight is 254 g/mol. The van der Waals surface area contributed by atoms with Gasteiger partial charge in [-0.05, 0) is 12.5 Å². The fourth-order valence-corrected chi connectivity index (χ4v) is 1.97. The van der Waals surface area contributed by atoms with Gasteiger partial charge in [-0.15, -0.1) is 0 Å². The molecule has 1 aliphatic rings. The molecule has 2 atom stereocenters. The van der Waals surface area contributed by atoms with E-state index in [2.05, 4.69) is 15.3 Å². The first-order valence-corrected chi connectivity index (χ1v) is 5.79. The first-order chi connectivity index (χ1) is 8.66. The van der Waals surface area contributed by atoms with Gasteiger partial charge in [0.25, 0.3) is 0 Å². The van der Waals surface area contributed by atoms with Gasteiger partial charge in [-0.25, -0.2) is 19.2 Å². The summed E-state index contributed by atoms with van der Waals surface area (Å²) in [4.78, 5) is 19.8. The molecule has 0 spiro atoms. The quantitative estimate of drug-likeness (QED) is 0.848. The van der Waals surface area contributed by atoms with Crippen LogP contribution in [-0.2, 0) is 0 Å². The second-order valence-electron chi connectivity index (χ2n) is 4.25. The second kappa shape index (κ2) is 5.61. The predicted octanol–water partition coefficient (Wildman–Crippen LogP) is 1.23. The van der Waals surface area contributed by atoms with Crippen LogP contribution >= 0.6 is 0 Å². The number of carbonyl (C=O) groups is 1. The van der Waals surface area contributed by atoms with E-state index in [1.807, 2.05) is 0 Å². The number of anilines is 1. The molecule has 7 heteroatoms. The molecule has 2 N–H and O–H groups in total. The van der Waals surface area contributed by atoms with Gasteiger partial charge in [-0.2, -0.15) is 0 Å². The third kappa shape index (κ3) is 3.06. The van der Waals surface area contributed by atoms with Gasteiger partial charge in [0.1, 0.15) is 6.17 Å². The fourth-order valence-electron chi connectivity index (χ4n) is 1.97. The van der Waals surface area contributed by atoms with Gasteiger partial charge < -0.3 is 15.3 Å². The van der Waals surface area contributed by atoms with E-state index < -0.39 is 12.3 Å². The van der Waals surface area contributed by atoms with Crippen LogP contribution in [0.3, 0.4) is 0 Å². The first-order valence-electron chi connectivity index (χ1n) is 5.79. The Morgan fingerprint density at radius 2 is 2.28 bits per heavy atom. The number of rotatable bonds is 3. The minimum atomic E-state index is -1.15. The zero-order valence-electron chi connectivity index (χ0n) is 9.79. The Balaban J connectivity index is 1.83. The number of carboxylic acid groups (broad SMARTS) is 1. The molecular formula is C11H15FN4O2. The number of aromatic nitrogens is 2. The van der Waals surface area contributed by atoms with E-state index >= 15 is 0 Å². The lowest BCUT2D eigenvalue weighted by Crippen LogP contribution is -2.46. The van der Waals surface area contributed by atoms with Crippen LogP contribution in [0.1, 0.15) is 6.42 Å². The van der Waals surface area contributed by atoms with Gasteiger partial charge in [0.15, 0.2) is 0 Å². The van der Waals surface area contributed by atoms with Crippen LogP contribution in [0.15, 0.2) is 18.5 Å². The van der Waals surface area contributed by atoms with E-state index in [1.54, 1.807) is 18.5 Å². The molecule has 0 unspecified atom stereocenters. The van der Waals surface area contributed by atoms with Crippen molar-refractivity contribution < 1.29 is 14.3 Å². The molecule has 0 radical (unpaired) electrons. The molecule has 6 nitrogen and oxygen atoms in total. The number of amides is 1. The molecule has 1 aliphatic heterocycles. The van der Waals surface area contributed by atoms with E-state index in [-0.39, 0.29) is 12.5 Å². The molecule has 1 fully saturated rings. The number of likely N-dealkylation sites (tertiary alicyclic amines) is 1. The molecule has 0 saturated carbocycles. The van der Waals surface area contributed by atoms with Gasteiger partial charge in [-0.1, -0.05) is 0 Å². The highest BCUT2D eigenvalue weighted by Gasteiger charge is 2.31. The molecule has 1 aromatic rings. The van der Waals surface area contributed by atoms with Crippen LogP contribution in [0.2, 0.25) is 0 Å². The molecule has 2 heterocycles. The molecule has 2 rings (SSSR count). The summed E-state index contributed by atoms with van der Waals surface area (Å²) in [5.41, 5.74) is 0. The standard InChI is InChI=1S/C11H15FN4O2/c12-9-7-16(11(17)18)5-2-8(9)6-15-10-13-3-1-4-14-10/h1,3-4,8-9H,2,5-7H2,(H,17,18)(H,13,14,15)/t8-,9-/m1/s1. The van der Waals surface area contributed by atoms with Crippen LogP contribution in [0.5, 0.6) is 0 Å². The van der Waals surface area contributed by atoms with Gasteiger partial charge in [0, 0.05) is 31.4 Å². The van der Waals surface area contributed by atoms with Crippen LogP contribution in [-0.4, -0.2) is 51.9 Å². The van der Waals surface area contributed by atoms with Crippen molar-refractivity contribution in [3.63, 3.8) is 0 Å². The minimum Gasteiger partial charge on any atom is -0.465 e. The lowest BCUT2D eigenvalue weighted by atomic mass is 9.95. The van der Waals surface area contributed by atoms with Crippen molar-refractivity contribution in [2.45, 2.75) is 12.6 Å². The van der Waals surface area contributed by atoms with Crippen molar-refractivity contribution in [3.05, 3.63) is 18.5 Å². The maximum Gasteiger partial charge on any atom is 0.407 e. The molecule has 0 aromatic carbocycles. The minimum absolute atomic E-state index is 0.0582. The van der Waals surface area contributed by atoms with Crippen molar-refractivity contribution in [1.29, 1.82) is 0 Å². The number of nitrogens with one attached hydrogen (secondary N) is 1. The summed E-state index contributed by atoms with van der Waals surface area (Å²) in [6, 6.07) is 1.70. The van der Waals surface area contributed by atoms with Crippen LogP contribution in [0, 0.1) is 5.92 Å². The summed E-state index contributed by atoms with van der Waals surface area (Å²) in [7, 11) is 0. The lowest BCUT2D eigenvalue weighted by Gasteiger charge is -2.32. The highest BCUT2D eigenvalue weighted by molar-refractivity contribution is 5.65. The first kappa shape index (κ1) is 12.5. The Labute approximate surface area is 104 Å². The smallest absolute Gasteiger partial charge is 0.407 e. The highest BCUT2D eigenvalue weighted by atomic mass is 19.1. The third-order valence-corrected chi connectivity index (χ3v) is 3.03. The molecule has 0 aliphatic carbocycles. The predicted molar refractivity (Wildman–Crippen MR) is 63.1 cm³/mol. The van der Waals surface area contributed by atoms with E-state index in [9.17, 15) is 9.18 Å². The number of piperidine rings is 1. The Hall–Kier alpha value is -1.92. The van der Waals surface area contributed by atoms with Crippen LogP contribution in [0.4, 0.5) is 15.1 Å². The molecular weight excluding hydrogens is 239 g/mol. The Morgan fingerprint density at radius 3 is 2.89 bits per heavy atom. The van der Waals surface area contributed by atoms with Crippen molar-refractivity contribution in [2.24, 2.45) is 5.92 Å². The normalized spacial score (nSPS) is 23.7. The molecule has 1 aromatic heterocycles. The maximum absolute atomic E-state index is 13.8. The van der Waals surface area contributed by atoms with Crippen molar-refractivity contribution in [2.75, 3.05) is 25.0 Å². The van der Waals surface area contributed by atoms with E-state index in [4.69, 9.17) is 5.11 Å². The second-order valence-corrected chi connectivity index (χ2v) is 4.25. The van der Waals surface area contributed by atoms with Crippen molar-refractivity contribution in [1.82, 2.24) is 14.9 Å². The number of halogens is 1. The molecule has 98 valence electrons. The fraction of sp³-hybridized carbons (Fsp3) is 0.545. The zero-order chi connectivity index (χ0) is 13.0. The lowest BCUT2D eigenvalue weighted by molar-refractivity contribution is 0.0798. The summed E-state index contributed by atoms with van der Waals surface area (Å²) in [5, 5.41) is 11.7. The Bertz CT molecular complexity index is 403. The summed E-state index contributed by atoms with van der Waals surface area (Å²) in [6.45, 7) is 0.730. The third-order valence-electron chi connectivity index (χ3n) is 3.03. The summed E-state index contributed by atoms with van der Waals surface area (Å²) < 4.78 is 13.8. The van der Waals surface area contributed by atoms with Crippen LogP contribution in [0.25, 0.3) is 0 Å². The number of alkyl halides is 1. The van der Waals surface area contributed by atoms with Gasteiger partial charge in [0.05, 0.1) is 6.54 Å². The van der Waals surface area contributed by atoms with E-state index in [0.29, 0.717) is 25.5 Å². The average Bonchev–Trinajstić information content (AvgIpc) is 2.38. The molecule has 0 bridgehead atoms. The number of nitrogens with zero attached hydrogens (tertiary/aromatic N) is 3.